The lowest BCUT2D eigenvalue weighted by atomic mass is 9.94. The highest BCUT2D eigenvalue weighted by Gasteiger charge is 2.23. The lowest BCUT2D eigenvalue weighted by Gasteiger charge is -2.31. The number of para-hydroxylation sites is 1. The van der Waals surface area contributed by atoms with Gasteiger partial charge in [-0.3, -0.25) is 0 Å². The molecule has 0 radical (unpaired) electrons. The van der Waals surface area contributed by atoms with Gasteiger partial charge >= 0.3 is 0 Å². The van der Waals surface area contributed by atoms with Gasteiger partial charge in [-0.15, -0.1) is 0 Å². The fourth-order valence-corrected chi connectivity index (χ4v) is 5.90. The average Bonchev–Trinajstić information content (AvgIpc) is 2.98. The number of rotatable bonds is 7. The molecule has 0 N–H and O–H groups in total. The topological polar surface area (TPSA) is 12.5 Å². The Kier molecular flexibility index (Phi) is 8.28. The van der Waals surface area contributed by atoms with Gasteiger partial charge in [-0.2, -0.15) is 0 Å². The molecule has 0 bridgehead atoms. The van der Waals surface area contributed by atoms with Crippen LogP contribution in [0.3, 0.4) is 0 Å². The molecule has 0 atom stereocenters. The molecule has 0 aromatic heterocycles. The summed E-state index contributed by atoms with van der Waals surface area (Å²) >= 11 is 15.2. The van der Waals surface area contributed by atoms with E-state index in [1.807, 2.05) is 60.7 Å². The fraction of sp³-hybridized carbons (Fsp3) is 0. The minimum atomic E-state index is 0.623. The molecule has 5 heteroatoms. The van der Waals surface area contributed by atoms with Crippen molar-refractivity contribution >= 4 is 62.9 Å². The number of anilines is 3. The summed E-state index contributed by atoms with van der Waals surface area (Å²) in [6.07, 6.45) is 0. The zero-order chi connectivity index (χ0) is 28.2. The minimum Gasteiger partial charge on any atom is -0.457 e. The largest absolute Gasteiger partial charge is 0.457 e. The second-order valence-electron chi connectivity index (χ2n) is 9.45. The van der Waals surface area contributed by atoms with Gasteiger partial charge in [0.1, 0.15) is 11.5 Å². The Morgan fingerprint density at radius 1 is 0.488 bits per heavy atom. The van der Waals surface area contributed by atoms with Crippen LogP contribution in [0, 0.1) is 3.57 Å². The van der Waals surface area contributed by atoms with Crippen LogP contribution in [0.4, 0.5) is 17.1 Å². The summed E-state index contributed by atoms with van der Waals surface area (Å²) in [6, 6.07) is 49.0. The molecule has 2 nitrogen and oxygen atoms in total. The van der Waals surface area contributed by atoms with Crippen molar-refractivity contribution in [1.82, 2.24) is 0 Å². The van der Waals surface area contributed by atoms with E-state index >= 15 is 0 Å². The van der Waals surface area contributed by atoms with Crippen LogP contribution in [0.2, 0.25) is 10.0 Å². The second kappa shape index (κ2) is 12.4. The van der Waals surface area contributed by atoms with Crippen LogP contribution in [-0.4, -0.2) is 0 Å². The van der Waals surface area contributed by atoms with E-state index < -0.39 is 0 Å². The first kappa shape index (κ1) is 27.4. The zero-order valence-electron chi connectivity index (χ0n) is 21.8. The monoisotopic (exact) mass is 683 g/mol. The SMILES string of the molecule is Clc1cccc(Oc2cc(I)cc(N(c3cccc(Cl)c3)c3c(-c4ccccc4)cccc3-c3ccccc3)c2)c1. The van der Waals surface area contributed by atoms with Crippen LogP contribution in [0.25, 0.3) is 22.3 Å². The van der Waals surface area contributed by atoms with Crippen LogP contribution >= 0.6 is 45.8 Å². The summed E-state index contributed by atoms with van der Waals surface area (Å²) in [7, 11) is 0. The third kappa shape index (κ3) is 6.28. The van der Waals surface area contributed by atoms with Crippen molar-refractivity contribution in [2.24, 2.45) is 0 Å². The molecule has 6 aromatic carbocycles. The number of nitrogens with zero attached hydrogens (tertiary/aromatic N) is 1. The number of ether oxygens (including phenoxy) is 1. The Balaban J connectivity index is 1.62. The van der Waals surface area contributed by atoms with Gasteiger partial charge in [0, 0.05) is 36.5 Å². The maximum atomic E-state index is 6.60. The lowest BCUT2D eigenvalue weighted by molar-refractivity contribution is 0.482. The Hall–Kier alpha value is -3.77. The zero-order valence-corrected chi connectivity index (χ0v) is 25.5. The Labute approximate surface area is 263 Å². The van der Waals surface area contributed by atoms with E-state index in [0.29, 0.717) is 21.5 Å². The van der Waals surface area contributed by atoms with Crippen molar-refractivity contribution in [3.05, 3.63) is 159 Å². The molecular formula is C36H24Cl2INO. The first-order valence-corrected chi connectivity index (χ1v) is 14.9. The summed E-state index contributed by atoms with van der Waals surface area (Å²) < 4.78 is 7.34. The van der Waals surface area contributed by atoms with E-state index in [-0.39, 0.29) is 0 Å². The van der Waals surface area contributed by atoms with Crippen molar-refractivity contribution in [2.75, 3.05) is 4.90 Å². The van der Waals surface area contributed by atoms with Crippen molar-refractivity contribution in [1.29, 1.82) is 0 Å². The summed E-state index contributed by atoms with van der Waals surface area (Å²) in [5.74, 6) is 1.38. The highest BCUT2D eigenvalue weighted by atomic mass is 127. The van der Waals surface area contributed by atoms with Gasteiger partial charge in [0.05, 0.1) is 11.4 Å². The highest BCUT2D eigenvalue weighted by Crippen LogP contribution is 2.47. The highest BCUT2D eigenvalue weighted by molar-refractivity contribution is 14.1. The molecule has 0 saturated heterocycles. The molecular weight excluding hydrogens is 660 g/mol. The summed E-state index contributed by atoms with van der Waals surface area (Å²) in [5, 5.41) is 1.28. The van der Waals surface area contributed by atoms with Crippen LogP contribution in [0.15, 0.2) is 146 Å². The van der Waals surface area contributed by atoms with Crippen molar-refractivity contribution in [3.8, 4) is 33.8 Å². The summed E-state index contributed by atoms with van der Waals surface area (Å²) in [4.78, 5) is 2.27. The Bertz CT molecular complexity index is 1750. The molecule has 0 heterocycles. The molecule has 0 unspecified atom stereocenters. The molecule has 0 fully saturated rings. The van der Waals surface area contributed by atoms with E-state index in [1.165, 1.54) is 0 Å². The van der Waals surface area contributed by atoms with Gasteiger partial charge in [-0.05, 0) is 82.2 Å². The van der Waals surface area contributed by atoms with E-state index in [1.54, 1.807) is 0 Å². The second-order valence-corrected chi connectivity index (χ2v) is 11.6. The van der Waals surface area contributed by atoms with Crippen LogP contribution in [0.1, 0.15) is 0 Å². The number of hydrogen-bond acceptors (Lipinski definition) is 2. The molecule has 0 aliphatic carbocycles. The van der Waals surface area contributed by atoms with Gasteiger partial charge in [-0.1, -0.05) is 114 Å². The maximum absolute atomic E-state index is 6.60. The smallest absolute Gasteiger partial charge is 0.130 e. The molecule has 0 saturated carbocycles. The minimum absolute atomic E-state index is 0.623. The molecule has 0 spiro atoms. The first-order valence-electron chi connectivity index (χ1n) is 13.1. The number of hydrogen-bond donors (Lipinski definition) is 0. The molecule has 41 heavy (non-hydrogen) atoms. The average molecular weight is 684 g/mol. The third-order valence-electron chi connectivity index (χ3n) is 6.64. The lowest BCUT2D eigenvalue weighted by Crippen LogP contribution is -2.13. The van der Waals surface area contributed by atoms with Gasteiger partial charge in [0.2, 0.25) is 0 Å². The summed E-state index contributed by atoms with van der Waals surface area (Å²) in [6.45, 7) is 0. The van der Waals surface area contributed by atoms with E-state index in [0.717, 1.165) is 42.9 Å². The standard InChI is InChI=1S/C36H24Cl2INO/c37-27-14-7-16-30(20-27)40(31-22-29(39)23-33(24-31)41-32-17-8-15-28(38)21-32)36-34(25-10-3-1-4-11-25)18-9-19-35(36)26-12-5-2-6-13-26/h1-24H. The van der Waals surface area contributed by atoms with Gasteiger partial charge in [0.15, 0.2) is 0 Å². The van der Waals surface area contributed by atoms with Gasteiger partial charge in [0.25, 0.3) is 0 Å². The van der Waals surface area contributed by atoms with E-state index in [9.17, 15) is 0 Å². The molecule has 6 aromatic rings. The molecule has 0 amide bonds. The predicted molar refractivity (Wildman–Crippen MR) is 181 cm³/mol. The molecule has 0 aliphatic heterocycles. The number of halogens is 3. The van der Waals surface area contributed by atoms with Gasteiger partial charge < -0.3 is 9.64 Å². The van der Waals surface area contributed by atoms with E-state index in [2.05, 4.69) is 112 Å². The van der Waals surface area contributed by atoms with E-state index in [4.69, 9.17) is 27.9 Å². The Morgan fingerprint density at radius 3 is 1.68 bits per heavy atom. The summed E-state index contributed by atoms with van der Waals surface area (Å²) in [5.41, 5.74) is 7.36. The normalized spacial score (nSPS) is 10.8. The van der Waals surface area contributed by atoms with Crippen LogP contribution in [0.5, 0.6) is 11.5 Å². The van der Waals surface area contributed by atoms with Crippen molar-refractivity contribution < 1.29 is 4.74 Å². The molecule has 6 rings (SSSR count). The fourth-order valence-electron chi connectivity index (χ4n) is 4.91. The van der Waals surface area contributed by atoms with Crippen molar-refractivity contribution in [2.45, 2.75) is 0 Å². The molecule has 0 aliphatic rings. The first-order chi connectivity index (χ1) is 20.0. The Morgan fingerprint density at radius 2 is 1.07 bits per heavy atom. The van der Waals surface area contributed by atoms with Gasteiger partial charge in [-0.25, -0.2) is 0 Å². The van der Waals surface area contributed by atoms with Crippen LogP contribution < -0.4 is 9.64 Å². The van der Waals surface area contributed by atoms with Crippen molar-refractivity contribution in [3.63, 3.8) is 0 Å². The molecule has 200 valence electrons. The quantitative estimate of drug-likeness (QED) is 0.155. The maximum Gasteiger partial charge on any atom is 0.130 e. The third-order valence-corrected chi connectivity index (χ3v) is 7.73. The predicted octanol–water partition coefficient (Wildman–Crippen LogP) is 12.2. The van der Waals surface area contributed by atoms with Crippen LogP contribution in [-0.2, 0) is 0 Å². The number of benzene rings is 6.